The lowest BCUT2D eigenvalue weighted by Gasteiger charge is -2.20. The highest BCUT2D eigenvalue weighted by molar-refractivity contribution is 8.00. The van der Waals surface area contributed by atoms with Gasteiger partial charge in [-0.1, -0.05) is 0 Å². The minimum Gasteiger partial charge on any atom is -0.378 e. The predicted molar refractivity (Wildman–Crippen MR) is 84.9 cm³/mol. The van der Waals surface area contributed by atoms with E-state index in [1.165, 1.54) is 0 Å². The summed E-state index contributed by atoms with van der Waals surface area (Å²) in [4.78, 5) is 18.4. The quantitative estimate of drug-likeness (QED) is 0.764. The fourth-order valence-corrected chi connectivity index (χ4v) is 3.26. The number of ether oxygens (including phenoxy) is 2. The first-order valence-corrected chi connectivity index (χ1v) is 8.43. The zero-order chi connectivity index (χ0) is 15.2. The molecule has 1 saturated heterocycles. The second-order valence-electron chi connectivity index (χ2n) is 4.66. The summed E-state index contributed by atoms with van der Waals surface area (Å²) in [6, 6.07) is 1.87. The van der Waals surface area contributed by atoms with E-state index >= 15 is 0 Å². The second-order valence-corrected chi connectivity index (χ2v) is 5.85. The Bertz CT molecular complexity index is 504. The van der Waals surface area contributed by atoms with Crippen LogP contribution in [0.2, 0.25) is 0 Å². The van der Waals surface area contributed by atoms with E-state index in [4.69, 9.17) is 9.47 Å². The molecule has 0 N–H and O–H groups in total. The van der Waals surface area contributed by atoms with Crippen molar-refractivity contribution in [1.29, 1.82) is 0 Å². The summed E-state index contributed by atoms with van der Waals surface area (Å²) in [6.45, 7) is 8.94. The highest BCUT2D eigenvalue weighted by atomic mass is 32.2. The van der Waals surface area contributed by atoms with Crippen molar-refractivity contribution in [2.75, 3.05) is 37.0 Å². The molecule has 118 valence electrons. The highest BCUT2D eigenvalue weighted by Crippen LogP contribution is 2.31. The Morgan fingerprint density at radius 2 is 2.24 bits per heavy atom. The number of rotatable bonds is 7. The lowest BCUT2D eigenvalue weighted by Crippen LogP contribution is -2.32. The standard InChI is InChI=1S/C14H23N3O3S/c1-4-16(5-2)11-7-8-17(14(18)15-11)12-10-21-13(20-12)9-19-6-3/h7-8,12-13H,4-6,9-10H2,1-3H3/t12-,13+/m1/s1. The number of hydrogen-bond acceptors (Lipinski definition) is 6. The summed E-state index contributed by atoms with van der Waals surface area (Å²) in [6.07, 6.45) is 1.52. The third-order valence-electron chi connectivity index (χ3n) is 3.40. The third kappa shape index (κ3) is 3.99. The Labute approximate surface area is 129 Å². The van der Waals surface area contributed by atoms with Gasteiger partial charge in [0.15, 0.2) is 0 Å². The van der Waals surface area contributed by atoms with Gasteiger partial charge < -0.3 is 14.4 Å². The molecule has 2 atom stereocenters. The molecule has 1 aliphatic heterocycles. The normalized spacial score (nSPS) is 21.7. The van der Waals surface area contributed by atoms with Crippen LogP contribution in [0.25, 0.3) is 0 Å². The first-order valence-electron chi connectivity index (χ1n) is 7.38. The summed E-state index contributed by atoms with van der Waals surface area (Å²) in [7, 11) is 0. The molecule has 1 aromatic heterocycles. The van der Waals surface area contributed by atoms with E-state index < -0.39 is 0 Å². The maximum Gasteiger partial charge on any atom is 0.351 e. The average molecular weight is 313 g/mol. The summed E-state index contributed by atoms with van der Waals surface area (Å²) < 4.78 is 12.7. The molecular weight excluding hydrogens is 290 g/mol. The van der Waals surface area contributed by atoms with Gasteiger partial charge in [-0.15, -0.1) is 11.8 Å². The fraction of sp³-hybridized carbons (Fsp3) is 0.714. The van der Waals surface area contributed by atoms with Crippen molar-refractivity contribution < 1.29 is 9.47 Å². The van der Waals surface area contributed by atoms with Gasteiger partial charge in [-0.3, -0.25) is 4.57 Å². The third-order valence-corrected chi connectivity index (χ3v) is 4.50. The van der Waals surface area contributed by atoms with Gasteiger partial charge in [-0.05, 0) is 26.8 Å². The van der Waals surface area contributed by atoms with Gasteiger partial charge in [0.05, 0.1) is 6.61 Å². The van der Waals surface area contributed by atoms with E-state index in [1.807, 2.05) is 31.7 Å². The molecule has 1 aromatic rings. The first kappa shape index (κ1) is 16.3. The molecule has 21 heavy (non-hydrogen) atoms. The Morgan fingerprint density at radius 1 is 1.48 bits per heavy atom. The minimum atomic E-state index is -0.262. The van der Waals surface area contributed by atoms with Gasteiger partial charge in [0, 0.05) is 31.6 Å². The van der Waals surface area contributed by atoms with E-state index in [0.29, 0.717) is 13.2 Å². The molecule has 6 nitrogen and oxygen atoms in total. The van der Waals surface area contributed by atoms with Crippen LogP contribution in [0, 0.1) is 0 Å². The maximum atomic E-state index is 12.2. The molecule has 2 heterocycles. The van der Waals surface area contributed by atoms with Crippen molar-refractivity contribution in [3.05, 3.63) is 22.7 Å². The SMILES string of the molecule is CCOC[C@H]1O[C@@H](n2ccc(N(CC)CC)nc2=O)CS1. The number of aromatic nitrogens is 2. The van der Waals surface area contributed by atoms with Crippen LogP contribution < -0.4 is 10.6 Å². The van der Waals surface area contributed by atoms with Crippen molar-refractivity contribution in [3.63, 3.8) is 0 Å². The number of anilines is 1. The summed E-state index contributed by atoms with van der Waals surface area (Å²) >= 11 is 1.67. The summed E-state index contributed by atoms with van der Waals surface area (Å²) in [5.74, 6) is 1.46. The fourth-order valence-electron chi connectivity index (χ4n) is 2.24. The van der Waals surface area contributed by atoms with E-state index in [1.54, 1.807) is 22.5 Å². The van der Waals surface area contributed by atoms with Crippen LogP contribution in [0.4, 0.5) is 5.82 Å². The van der Waals surface area contributed by atoms with Crippen LogP contribution in [0.1, 0.15) is 27.0 Å². The predicted octanol–water partition coefficient (Wildman–Crippen LogP) is 1.71. The van der Waals surface area contributed by atoms with E-state index in [-0.39, 0.29) is 17.4 Å². The van der Waals surface area contributed by atoms with E-state index in [2.05, 4.69) is 4.98 Å². The van der Waals surface area contributed by atoms with Gasteiger partial charge in [-0.2, -0.15) is 4.98 Å². The van der Waals surface area contributed by atoms with Crippen LogP contribution in [0.5, 0.6) is 0 Å². The van der Waals surface area contributed by atoms with Gasteiger partial charge in [-0.25, -0.2) is 4.79 Å². The van der Waals surface area contributed by atoms with Gasteiger partial charge >= 0.3 is 5.69 Å². The molecule has 0 aliphatic carbocycles. The Balaban J connectivity index is 2.06. The molecule has 0 radical (unpaired) electrons. The molecule has 1 fully saturated rings. The summed E-state index contributed by atoms with van der Waals surface area (Å²) in [5, 5.41) is 0. The molecule has 0 saturated carbocycles. The number of nitrogens with zero attached hydrogens (tertiary/aromatic N) is 3. The molecular formula is C14H23N3O3S. The first-order chi connectivity index (χ1) is 10.2. The Kier molecular flexibility index (Phi) is 6.08. The van der Waals surface area contributed by atoms with E-state index in [0.717, 1.165) is 24.7 Å². The molecule has 2 rings (SSSR count). The maximum absolute atomic E-state index is 12.2. The van der Waals surface area contributed by atoms with Crippen LogP contribution in [-0.2, 0) is 9.47 Å². The van der Waals surface area contributed by atoms with Crippen molar-refractivity contribution in [3.8, 4) is 0 Å². The van der Waals surface area contributed by atoms with Crippen LogP contribution in [0.15, 0.2) is 17.1 Å². The monoisotopic (exact) mass is 313 g/mol. The lowest BCUT2D eigenvalue weighted by molar-refractivity contribution is -0.0226. The molecule has 1 aliphatic rings. The average Bonchev–Trinajstić information content (AvgIpc) is 2.95. The van der Waals surface area contributed by atoms with Gasteiger partial charge in [0.1, 0.15) is 17.5 Å². The molecule has 0 unspecified atom stereocenters. The zero-order valence-electron chi connectivity index (χ0n) is 12.8. The van der Waals surface area contributed by atoms with Crippen LogP contribution >= 0.6 is 11.8 Å². The van der Waals surface area contributed by atoms with Crippen LogP contribution in [-0.4, -0.2) is 47.0 Å². The Hall–Kier alpha value is -1.05. The van der Waals surface area contributed by atoms with E-state index in [9.17, 15) is 4.79 Å². The smallest absolute Gasteiger partial charge is 0.351 e. The number of thioether (sulfide) groups is 1. The van der Waals surface area contributed by atoms with Crippen molar-refractivity contribution in [1.82, 2.24) is 9.55 Å². The lowest BCUT2D eigenvalue weighted by atomic mass is 10.4. The summed E-state index contributed by atoms with van der Waals surface area (Å²) in [5.41, 5.74) is -0.272. The van der Waals surface area contributed by atoms with Crippen molar-refractivity contribution in [2.45, 2.75) is 32.4 Å². The molecule has 0 bridgehead atoms. The van der Waals surface area contributed by atoms with Gasteiger partial charge in [0.25, 0.3) is 0 Å². The topological polar surface area (TPSA) is 56.6 Å². The largest absolute Gasteiger partial charge is 0.378 e. The molecule has 0 amide bonds. The molecule has 0 aromatic carbocycles. The second kappa shape index (κ2) is 7.82. The number of hydrogen-bond donors (Lipinski definition) is 0. The Morgan fingerprint density at radius 3 is 2.86 bits per heavy atom. The minimum absolute atomic E-state index is 0.00990. The zero-order valence-corrected chi connectivity index (χ0v) is 13.6. The highest BCUT2D eigenvalue weighted by Gasteiger charge is 2.28. The molecule has 0 spiro atoms. The van der Waals surface area contributed by atoms with Crippen LogP contribution in [0.3, 0.4) is 0 Å². The van der Waals surface area contributed by atoms with Gasteiger partial charge in [0.2, 0.25) is 0 Å². The van der Waals surface area contributed by atoms with Crippen molar-refractivity contribution in [2.24, 2.45) is 0 Å². The molecule has 7 heteroatoms. The van der Waals surface area contributed by atoms with Crippen molar-refractivity contribution >= 4 is 17.6 Å².